The Morgan fingerprint density at radius 1 is 0.579 bits per heavy atom. The van der Waals surface area contributed by atoms with E-state index in [0.717, 1.165) is 0 Å². The van der Waals surface area contributed by atoms with Gasteiger partial charge in [0.1, 0.15) is 0 Å². The van der Waals surface area contributed by atoms with Crippen LogP contribution in [-0.4, -0.2) is 0 Å². The Kier molecular flexibility index (Phi) is 13.4. The Morgan fingerprint density at radius 2 is 0.842 bits per heavy atom. The lowest BCUT2D eigenvalue weighted by molar-refractivity contribution is 0.922. The van der Waals surface area contributed by atoms with Gasteiger partial charge >= 0.3 is 0 Å². The van der Waals surface area contributed by atoms with Crippen molar-refractivity contribution in [2.75, 3.05) is 0 Å². The third-order valence-electron chi connectivity index (χ3n) is 2.60. The van der Waals surface area contributed by atoms with Gasteiger partial charge in [-0.2, -0.15) is 0 Å². The van der Waals surface area contributed by atoms with Crippen molar-refractivity contribution >= 4 is 0 Å². The predicted octanol–water partition coefficient (Wildman–Crippen LogP) is 6.53. The van der Waals surface area contributed by atoms with Gasteiger partial charge in [0.25, 0.3) is 0 Å². The molecule has 0 fully saturated rings. The van der Waals surface area contributed by atoms with Crippen molar-refractivity contribution in [2.24, 2.45) is 0 Å². The molecular weight excluding hydrogens is 228 g/mol. The zero-order chi connectivity index (χ0) is 13.8. The van der Waals surface area contributed by atoms with E-state index in [-0.39, 0.29) is 7.43 Å². The summed E-state index contributed by atoms with van der Waals surface area (Å²) in [6.07, 6.45) is 0. The minimum Gasteiger partial charge on any atom is -0.0776 e. The van der Waals surface area contributed by atoms with Crippen molar-refractivity contribution in [1.82, 2.24) is 0 Å². The van der Waals surface area contributed by atoms with E-state index in [1.165, 1.54) is 11.1 Å². The normalized spacial score (nSPS) is 8.32. The van der Waals surface area contributed by atoms with Crippen LogP contribution in [0.5, 0.6) is 0 Å². The van der Waals surface area contributed by atoms with Crippen LogP contribution in [0, 0.1) is 0 Å². The Morgan fingerprint density at radius 3 is 1.11 bits per heavy atom. The first kappa shape index (κ1) is 19.8. The SMILES string of the molecule is C.CC.CC.CC(c1ccccc1)c1ccccc1. The first-order valence-electron chi connectivity index (χ1n) is 6.98. The molecule has 0 bridgehead atoms. The highest BCUT2D eigenvalue weighted by atomic mass is 14.1. The van der Waals surface area contributed by atoms with Gasteiger partial charge in [0.15, 0.2) is 0 Å². The van der Waals surface area contributed by atoms with Crippen molar-refractivity contribution in [1.29, 1.82) is 0 Å². The van der Waals surface area contributed by atoms with Crippen LogP contribution in [0.4, 0.5) is 0 Å². The van der Waals surface area contributed by atoms with Gasteiger partial charge in [-0.15, -0.1) is 0 Å². The maximum absolute atomic E-state index is 2.24. The van der Waals surface area contributed by atoms with E-state index >= 15 is 0 Å². The van der Waals surface area contributed by atoms with E-state index in [1.54, 1.807) is 0 Å². The van der Waals surface area contributed by atoms with Crippen LogP contribution in [0.1, 0.15) is 59.1 Å². The van der Waals surface area contributed by atoms with E-state index in [0.29, 0.717) is 5.92 Å². The fraction of sp³-hybridized carbons (Fsp3) is 0.368. The van der Waals surface area contributed by atoms with Gasteiger partial charge in [-0.05, 0) is 11.1 Å². The van der Waals surface area contributed by atoms with Crippen molar-refractivity contribution in [2.45, 2.75) is 48.0 Å². The van der Waals surface area contributed by atoms with Crippen molar-refractivity contribution in [3.8, 4) is 0 Å². The van der Waals surface area contributed by atoms with E-state index in [9.17, 15) is 0 Å². The lowest BCUT2D eigenvalue weighted by Crippen LogP contribution is -1.94. The average molecular weight is 258 g/mol. The van der Waals surface area contributed by atoms with Gasteiger partial charge in [-0.1, -0.05) is 103 Å². The molecule has 106 valence electrons. The maximum Gasteiger partial charge on any atom is 0.00610 e. The van der Waals surface area contributed by atoms with Crippen LogP contribution in [0.15, 0.2) is 60.7 Å². The minimum absolute atomic E-state index is 0. The molecule has 2 aromatic rings. The smallest absolute Gasteiger partial charge is 0.00610 e. The molecule has 0 spiro atoms. The topological polar surface area (TPSA) is 0 Å². The number of rotatable bonds is 2. The number of hydrogen-bond donors (Lipinski definition) is 0. The molecule has 0 aliphatic carbocycles. The zero-order valence-corrected chi connectivity index (χ0v) is 12.4. The first-order chi connectivity index (χ1) is 8.88. The summed E-state index contributed by atoms with van der Waals surface area (Å²) in [4.78, 5) is 0. The van der Waals surface area contributed by atoms with Crippen LogP contribution in [0.2, 0.25) is 0 Å². The minimum atomic E-state index is 0. The van der Waals surface area contributed by atoms with Gasteiger partial charge in [0, 0.05) is 5.92 Å². The Bertz CT molecular complexity index is 336. The summed E-state index contributed by atoms with van der Waals surface area (Å²) in [5.41, 5.74) is 2.75. The lowest BCUT2D eigenvalue weighted by Gasteiger charge is -2.11. The van der Waals surface area contributed by atoms with Crippen LogP contribution in [-0.2, 0) is 0 Å². The molecule has 0 aromatic heterocycles. The molecule has 0 atom stereocenters. The molecule has 19 heavy (non-hydrogen) atoms. The highest BCUT2D eigenvalue weighted by Crippen LogP contribution is 2.22. The second-order valence-electron chi connectivity index (χ2n) is 3.54. The molecule has 0 N–H and O–H groups in total. The molecule has 0 saturated heterocycles. The van der Waals surface area contributed by atoms with E-state index in [1.807, 2.05) is 27.7 Å². The Labute approximate surface area is 120 Å². The monoisotopic (exact) mass is 258 g/mol. The number of hydrogen-bond acceptors (Lipinski definition) is 0. The lowest BCUT2D eigenvalue weighted by atomic mass is 9.93. The van der Waals surface area contributed by atoms with E-state index < -0.39 is 0 Å². The summed E-state index contributed by atoms with van der Waals surface area (Å²) in [7, 11) is 0. The molecule has 0 saturated carbocycles. The van der Waals surface area contributed by atoms with Crippen LogP contribution in [0.25, 0.3) is 0 Å². The average Bonchev–Trinajstić information content (AvgIpc) is 2.52. The molecule has 0 unspecified atom stereocenters. The second-order valence-corrected chi connectivity index (χ2v) is 3.54. The predicted molar refractivity (Wildman–Crippen MR) is 89.8 cm³/mol. The molecule has 0 nitrogen and oxygen atoms in total. The summed E-state index contributed by atoms with van der Waals surface area (Å²) in [5, 5.41) is 0. The molecule has 2 rings (SSSR count). The highest BCUT2D eigenvalue weighted by molar-refractivity contribution is 5.31. The first-order valence-corrected chi connectivity index (χ1v) is 6.98. The van der Waals surface area contributed by atoms with Crippen molar-refractivity contribution in [3.63, 3.8) is 0 Å². The zero-order valence-electron chi connectivity index (χ0n) is 12.4. The molecule has 0 heterocycles. The van der Waals surface area contributed by atoms with Crippen LogP contribution < -0.4 is 0 Å². The van der Waals surface area contributed by atoms with E-state index in [2.05, 4.69) is 67.6 Å². The van der Waals surface area contributed by atoms with Gasteiger partial charge in [-0.3, -0.25) is 0 Å². The molecule has 0 aliphatic rings. The molecule has 2 aromatic carbocycles. The summed E-state index contributed by atoms with van der Waals surface area (Å²) in [6, 6.07) is 21.2. The third kappa shape index (κ3) is 6.81. The van der Waals surface area contributed by atoms with Crippen LogP contribution >= 0.6 is 0 Å². The second kappa shape index (κ2) is 12.9. The summed E-state index contributed by atoms with van der Waals surface area (Å²) < 4.78 is 0. The largest absolute Gasteiger partial charge is 0.0776 e. The quantitative estimate of drug-likeness (QED) is 0.574. The third-order valence-corrected chi connectivity index (χ3v) is 2.60. The van der Waals surface area contributed by atoms with Gasteiger partial charge in [0.05, 0.1) is 0 Å². The molecule has 0 radical (unpaired) electrons. The summed E-state index contributed by atoms with van der Waals surface area (Å²) in [5.74, 6) is 0.484. The van der Waals surface area contributed by atoms with Gasteiger partial charge in [-0.25, -0.2) is 0 Å². The molecule has 0 amide bonds. The van der Waals surface area contributed by atoms with Crippen LogP contribution in [0.3, 0.4) is 0 Å². The molecular formula is C19H30. The summed E-state index contributed by atoms with van der Waals surface area (Å²) >= 11 is 0. The van der Waals surface area contributed by atoms with Gasteiger partial charge in [0.2, 0.25) is 0 Å². The van der Waals surface area contributed by atoms with Crippen molar-refractivity contribution in [3.05, 3.63) is 71.8 Å². The standard InChI is InChI=1S/C14H14.2C2H6.CH4/c1-12(13-8-4-2-5-9-13)14-10-6-3-7-11-14;2*1-2;/h2-12H,1H3;2*1-2H3;1H4. The van der Waals surface area contributed by atoms with Gasteiger partial charge < -0.3 is 0 Å². The van der Waals surface area contributed by atoms with Crippen molar-refractivity contribution < 1.29 is 0 Å². The maximum atomic E-state index is 2.24. The summed E-state index contributed by atoms with van der Waals surface area (Å²) in [6.45, 7) is 10.2. The molecule has 0 heteroatoms. The number of benzene rings is 2. The Balaban J connectivity index is 0. The highest BCUT2D eigenvalue weighted by Gasteiger charge is 2.05. The fourth-order valence-corrected chi connectivity index (χ4v) is 1.68. The molecule has 0 aliphatic heterocycles. The fourth-order valence-electron chi connectivity index (χ4n) is 1.68. The van der Waals surface area contributed by atoms with E-state index in [4.69, 9.17) is 0 Å². The Hall–Kier alpha value is -1.56.